The molecule has 0 saturated heterocycles. The minimum Gasteiger partial charge on any atom is -0.665 e. The van der Waals surface area contributed by atoms with Crippen molar-refractivity contribution in [2.24, 2.45) is 5.41 Å². The molecule has 0 aliphatic carbocycles. The van der Waals surface area contributed by atoms with E-state index >= 15 is 0 Å². The normalized spacial score (nSPS) is 12.0. The first-order valence-electron chi connectivity index (χ1n) is 2.62. The maximum Gasteiger partial charge on any atom is -0.0571 e. The minimum absolute atomic E-state index is 0.384. The zero-order chi connectivity index (χ0) is 5.91. The van der Waals surface area contributed by atoms with E-state index in [4.69, 9.17) is 0 Å². The van der Waals surface area contributed by atoms with Crippen molar-refractivity contribution < 1.29 is 0 Å². The van der Waals surface area contributed by atoms with Crippen LogP contribution in [0.15, 0.2) is 0 Å². The first kappa shape index (κ1) is 6.96. The third kappa shape index (κ3) is 5.96. The van der Waals surface area contributed by atoms with Crippen molar-refractivity contribution in [1.29, 1.82) is 0 Å². The van der Waals surface area contributed by atoms with Gasteiger partial charge in [0.1, 0.15) is 0 Å². The van der Waals surface area contributed by atoms with Gasteiger partial charge in [0.15, 0.2) is 0 Å². The van der Waals surface area contributed by atoms with E-state index in [0.29, 0.717) is 5.41 Å². The molecule has 0 saturated carbocycles. The van der Waals surface area contributed by atoms with Gasteiger partial charge < -0.3 is 5.32 Å². The molecule has 0 aromatic rings. The molecule has 0 fully saturated rings. The minimum atomic E-state index is 0.384. The summed E-state index contributed by atoms with van der Waals surface area (Å²) >= 11 is 0. The standard InChI is InChI=1S/C6H14N/c1-6(2,3)5-7-4/h5H2,1-4H3/q-1. The van der Waals surface area contributed by atoms with Crippen LogP contribution in [0, 0.1) is 5.41 Å². The fourth-order valence-electron chi connectivity index (χ4n) is 0.474. The van der Waals surface area contributed by atoms with E-state index in [1.54, 1.807) is 0 Å². The highest BCUT2D eigenvalue weighted by molar-refractivity contribution is 4.79. The van der Waals surface area contributed by atoms with Crippen LogP contribution in [-0.2, 0) is 0 Å². The second-order valence-electron chi connectivity index (χ2n) is 3.04. The van der Waals surface area contributed by atoms with Crippen LogP contribution in [0.4, 0.5) is 0 Å². The Kier molecular flexibility index (Phi) is 2.30. The van der Waals surface area contributed by atoms with Gasteiger partial charge in [0.2, 0.25) is 0 Å². The molecule has 0 rings (SSSR count). The Morgan fingerprint density at radius 1 is 1.29 bits per heavy atom. The molecule has 1 nitrogen and oxygen atoms in total. The highest BCUT2D eigenvalue weighted by Gasteiger charge is 2.00. The van der Waals surface area contributed by atoms with Crippen molar-refractivity contribution in [2.75, 3.05) is 13.6 Å². The zero-order valence-corrected chi connectivity index (χ0v) is 5.65. The highest BCUT2D eigenvalue weighted by Crippen LogP contribution is 2.13. The second kappa shape index (κ2) is 2.31. The average molecular weight is 100 g/mol. The molecule has 0 aromatic heterocycles. The quantitative estimate of drug-likeness (QED) is 0.478. The Morgan fingerprint density at radius 3 is 1.71 bits per heavy atom. The largest absolute Gasteiger partial charge is 0.665 e. The first-order valence-corrected chi connectivity index (χ1v) is 2.62. The average Bonchev–Trinajstić information content (AvgIpc) is 1.30. The molecule has 0 aromatic carbocycles. The first-order chi connectivity index (χ1) is 3.06. The van der Waals surface area contributed by atoms with Crippen LogP contribution >= 0.6 is 0 Å². The van der Waals surface area contributed by atoms with E-state index in [1.807, 2.05) is 7.05 Å². The number of hydrogen-bond donors (Lipinski definition) is 0. The van der Waals surface area contributed by atoms with Crippen LogP contribution in [0.5, 0.6) is 0 Å². The molecule has 0 heterocycles. The molecule has 0 amide bonds. The van der Waals surface area contributed by atoms with E-state index in [9.17, 15) is 0 Å². The van der Waals surface area contributed by atoms with Crippen LogP contribution < -0.4 is 0 Å². The van der Waals surface area contributed by atoms with Crippen molar-refractivity contribution in [3.05, 3.63) is 5.32 Å². The summed E-state index contributed by atoms with van der Waals surface area (Å²) in [7, 11) is 1.85. The summed E-state index contributed by atoms with van der Waals surface area (Å²) in [6.07, 6.45) is 0. The van der Waals surface area contributed by atoms with Crippen molar-refractivity contribution in [3.63, 3.8) is 0 Å². The van der Waals surface area contributed by atoms with Gasteiger partial charge in [-0.3, -0.25) is 0 Å². The molecule has 1 heteroatoms. The molecular weight excluding hydrogens is 86.1 g/mol. The summed E-state index contributed by atoms with van der Waals surface area (Å²) in [6, 6.07) is 0. The van der Waals surface area contributed by atoms with Gasteiger partial charge in [-0.05, 0) is 0 Å². The highest BCUT2D eigenvalue weighted by atomic mass is 14.8. The monoisotopic (exact) mass is 100 g/mol. The molecule has 44 valence electrons. The Labute approximate surface area is 46.1 Å². The van der Waals surface area contributed by atoms with Crippen molar-refractivity contribution in [1.82, 2.24) is 0 Å². The third-order valence-corrected chi connectivity index (χ3v) is 0.632. The molecule has 0 spiro atoms. The maximum absolute atomic E-state index is 4.01. The van der Waals surface area contributed by atoms with Gasteiger partial charge in [0.25, 0.3) is 0 Å². The van der Waals surface area contributed by atoms with Gasteiger partial charge in [0, 0.05) is 0 Å². The van der Waals surface area contributed by atoms with Crippen LogP contribution in [0.25, 0.3) is 5.32 Å². The lowest BCUT2D eigenvalue weighted by atomic mass is 9.97. The topological polar surface area (TPSA) is 14.1 Å². The Morgan fingerprint density at radius 2 is 1.71 bits per heavy atom. The van der Waals surface area contributed by atoms with Gasteiger partial charge in [-0.25, -0.2) is 0 Å². The Balaban J connectivity index is 3.15. The molecule has 0 atom stereocenters. The fourth-order valence-corrected chi connectivity index (χ4v) is 0.474. The number of hydrogen-bond acceptors (Lipinski definition) is 0. The van der Waals surface area contributed by atoms with Gasteiger partial charge in [-0.1, -0.05) is 26.2 Å². The zero-order valence-electron chi connectivity index (χ0n) is 5.65. The van der Waals surface area contributed by atoms with Crippen LogP contribution in [0.3, 0.4) is 0 Å². The maximum atomic E-state index is 4.01. The van der Waals surface area contributed by atoms with Gasteiger partial charge in [-0.2, -0.15) is 7.05 Å². The predicted molar refractivity (Wildman–Crippen MR) is 33.6 cm³/mol. The van der Waals surface area contributed by atoms with E-state index in [1.165, 1.54) is 0 Å². The predicted octanol–water partition coefficient (Wildman–Crippen LogP) is 2.04. The van der Waals surface area contributed by atoms with Gasteiger partial charge in [-0.15, -0.1) is 6.54 Å². The lowest BCUT2D eigenvalue weighted by Gasteiger charge is -2.25. The van der Waals surface area contributed by atoms with E-state index in [2.05, 4.69) is 26.1 Å². The fraction of sp³-hybridized carbons (Fsp3) is 1.00. The smallest absolute Gasteiger partial charge is 0.0571 e. The summed E-state index contributed by atoms with van der Waals surface area (Å²) in [4.78, 5) is 0. The Bertz CT molecular complexity index is 42.6. The number of rotatable bonds is 1. The van der Waals surface area contributed by atoms with E-state index in [0.717, 1.165) is 6.54 Å². The van der Waals surface area contributed by atoms with Gasteiger partial charge >= 0.3 is 0 Å². The third-order valence-electron chi connectivity index (χ3n) is 0.632. The molecule has 0 aliphatic rings. The SMILES string of the molecule is C[N-]CC(C)(C)C. The van der Waals surface area contributed by atoms with Crippen molar-refractivity contribution >= 4 is 0 Å². The summed E-state index contributed by atoms with van der Waals surface area (Å²) in [6.45, 7) is 7.51. The summed E-state index contributed by atoms with van der Waals surface area (Å²) < 4.78 is 0. The van der Waals surface area contributed by atoms with Crippen molar-refractivity contribution in [3.8, 4) is 0 Å². The second-order valence-corrected chi connectivity index (χ2v) is 3.04. The molecule has 0 aliphatic heterocycles. The van der Waals surface area contributed by atoms with E-state index in [-0.39, 0.29) is 0 Å². The molecule has 0 bridgehead atoms. The lowest BCUT2D eigenvalue weighted by molar-refractivity contribution is 0.449. The molecular formula is C6H14N-. The Hall–Kier alpha value is -0.0400. The molecule has 0 radical (unpaired) electrons. The van der Waals surface area contributed by atoms with E-state index < -0.39 is 0 Å². The van der Waals surface area contributed by atoms with Crippen molar-refractivity contribution in [2.45, 2.75) is 20.8 Å². The van der Waals surface area contributed by atoms with Gasteiger partial charge in [0.05, 0.1) is 0 Å². The molecule has 0 unspecified atom stereocenters. The molecule has 7 heavy (non-hydrogen) atoms. The van der Waals surface area contributed by atoms with Crippen LogP contribution in [-0.4, -0.2) is 13.6 Å². The molecule has 0 N–H and O–H groups in total. The lowest BCUT2D eigenvalue weighted by Crippen LogP contribution is -2.09. The summed E-state index contributed by atoms with van der Waals surface area (Å²) in [5.41, 5.74) is 0.384. The van der Waals surface area contributed by atoms with Crippen LogP contribution in [0.2, 0.25) is 0 Å². The summed E-state index contributed by atoms with van der Waals surface area (Å²) in [5, 5.41) is 4.01. The van der Waals surface area contributed by atoms with Crippen LogP contribution in [0.1, 0.15) is 20.8 Å². The summed E-state index contributed by atoms with van der Waals surface area (Å²) in [5.74, 6) is 0. The number of nitrogens with zero attached hydrogens (tertiary/aromatic N) is 1.